The zero-order valence-corrected chi connectivity index (χ0v) is 10.6. The van der Waals surface area contributed by atoms with Gasteiger partial charge < -0.3 is 10.1 Å². The lowest BCUT2D eigenvalue weighted by Gasteiger charge is -2.09. The van der Waals surface area contributed by atoms with Crippen molar-refractivity contribution in [2.75, 3.05) is 23.9 Å². The van der Waals surface area contributed by atoms with Crippen molar-refractivity contribution in [3.05, 3.63) is 12.3 Å². The summed E-state index contributed by atoms with van der Waals surface area (Å²) in [6, 6.07) is 1.71. The van der Waals surface area contributed by atoms with E-state index in [1.165, 1.54) is 0 Å². The van der Waals surface area contributed by atoms with E-state index in [0.717, 1.165) is 0 Å². The molecule has 1 unspecified atom stereocenters. The molecule has 16 heavy (non-hydrogen) atoms. The highest BCUT2D eigenvalue weighted by molar-refractivity contribution is 7.84. The Balaban J connectivity index is 2.50. The minimum atomic E-state index is -0.803. The molecule has 0 spiro atoms. The smallest absolute Gasteiger partial charge is 0.225 e. The number of aromatic nitrogens is 2. The lowest BCUT2D eigenvalue weighted by molar-refractivity contribution is 0.232. The summed E-state index contributed by atoms with van der Waals surface area (Å²) < 4.78 is 16.3. The van der Waals surface area contributed by atoms with Crippen LogP contribution in [0.5, 0.6) is 5.88 Å². The van der Waals surface area contributed by atoms with Crippen LogP contribution < -0.4 is 10.1 Å². The number of nitrogens with zero attached hydrogens (tertiary/aromatic N) is 2. The van der Waals surface area contributed by atoms with Gasteiger partial charge in [0.1, 0.15) is 0 Å². The van der Waals surface area contributed by atoms with Crippen molar-refractivity contribution in [3.63, 3.8) is 0 Å². The molecule has 90 valence electrons. The van der Waals surface area contributed by atoms with Gasteiger partial charge in [0.25, 0.3) is 0 Å². The Morgan fingerprint density at radius 3 is 2.94 bits per heavy atom. The molecule has 1 heterocycles. The van der Waals surface area contributed by atoms with Crippen molar-refractivity contribution in [2.45, 2.75) is 20.0 Å². The van der Waals surface area contributed by atoms with Crippen molar-refractivity contribution in [1.29, 1.82) is 0 Å². The summed E-state index contributed by atoms with van der Waals surface area (Å²) in [5.74, 6) is 1.63. The van der Waals surface area contributed by atoms with E-state index in [2.05, 4.69) is 15.3 Å². The molecule has 0 aliphatic carbocycles. The van der Waals surface area contributed by atoms with Crippen LogP contribution in [0.15, 0.2) is 12.3 Å². The molecule has 1 atom stereocenters. The van der Waals surface area contributed by atoms with Crippen LogP contribution in [-0.2, 0) is 10.8 Å². The first-order valence-electron chi connectivity index (χ1n) is 5.11. The van der Waals surface area contributed by atoms with E-state index in [0.29, 0.717) is 24.1 Å². The first kappa shape index (κ1) is 12.9. The van der Waals surface area contributed by atoms with Gasteiger partial charge in [0, 0.05) is 41.6 Å². The normalized spacial score (nSPS) is 12.5. The van der Waals surface area contributed by atoms with Gasteiger partial charge in [-0.2, -0.15) is 4.98 Å². The maximum atomic E-state index is 10.9. The Kier molecular flexibility index (Phi) is 5.18. The maximum absolute atomic E-state index is 10.9. The van der Waals surface area contributed by atoms with Gasteiger partial charge in [-0.05, 0) is 13.8 Å². The number of hydrogen-bond acceptors (Lipinski definition) is 5. The van der Waals surface area contributed by atoms with Gasteiger partial charge >= 0.3 is 0 Å². The average Bonchev–Trinajstić information content (AvgIpc) is 2.16. The number of rotatable bonds is 6. The van der Waals surface area contributed by atoms with E-state index in [1.807, 2.05) is 13.8 Å². The molecule has 1 N–H and O–H groups in total. The molecule has 1 rings (SSSR count). The lowest BCUT2D eigenvalue weighted by atomic mass is 10.5. The fourth-order valence-corrected chi connectivity index (χ4v) is 1.43. The molecule has 0 aliphatic rings. The van der Waals surface area contributed by atoms with Gasteiger partial charge in [-0.3, -0.25) is 4.21 Å². The monoisotopic (exact) mass is 243 g/mol. The Morgan fingerprint density at radius 2 is 2.31 bits per heavy atom. The fraction of sp³-hybridized carbons (Fsp3) is 0.600. The highest BCUT2D eigenvalue weighted by Gasteiger charge is 2.01. The summed E-state index contributed by atoms with van der Waals surface area (Å²) >= 11 is 0. The van der Waals surface area contributed by atoms with E-state index in [4.69, 9.17) is 4.74 Å². The summed E-state index contributed by atoms with van der Waals surface area (Å²) in [7, 11) is -0.803. The predicted molar refractivity (Wildman–Crippen MR) is 65.2 cm³/mol. The first-order chi connectivity index (χ1) is 7.58. The van der Waals surface area contributed by atoms with E-state index in [9.17, 15) is 4.21 Å². The average molecular weight is 243 g/mol. The van der Waals surface area contributed by atoms with Gasteiger partial charge in [0.2, 0.25) is 11.8 Å². The van der Waals surface area contributed by atoms with Gasteiger partial charge in [0.15, 0.2) is 0 Å². The summed E-state index contributed by atoms with van der Waals surface area (Å²) in [6.07, 6.45) is 3.39. The SMILES string of the molecule is CC(C)Oc1ccnc(NCCS(C)=O)n1. The third-order valence-electron chi connectivity index (χ3n) is 1.66. The largest absolute Gasteiger partial charge is 0.475 e. The summed E-state index contributed by atoms with van der Waals surface area (Å²) in [4.78, 5) is 8.21. The summed E-state index contributed by atoms with van der Waals surface area (Å²) in [5.41, 5.74) is 0. The van der Waals surface area contributed by atoms with Crippen LogP contribution in [0, 0.1) is 0 Å². The molecule has 0 aromatic carbocycles. The minimum Gasteiger partial charge on any atom is -0.475 e. The van der Waals surface area contributed by atoms with E-state index >= 15 is 0 Å². The Morgan fingerprint density at radius 1 is 1.56 bits per heavy atom. The van der Waals surface area contributed by atoms with Gasteiger partial charge in [-0.15, -0.1) is 0 Å². The van der Waals surface area contributed by atoms with Crippen LogP contribution in [0.25, 0.3) is 0 Å². The van der Waals surface area contributed by atoms with E-state index in [1.54, 1.807) is 18.5 Å². The van der Waals surface area contributed by atoms with Crippen molar-refractivity contribution in [1.82, 2.24) is 9.97 Å². The van der Waals surface area contributed by atoms with Crippen LogP contribution >= 0.6 is 0 Å². The van der Waals surface area contributed by atoms with Crippen molar-refractivity contribution in [2.24, 2.45) is 0 Å². The number of nitrogens with one attached hydrogen (secondary N) is 1. The van der Waals surface area contributed by atoms with E-state index < -0.39 is 10.8 Å². The Labute approximate surface area is 98.1 Å². The molecule has 0 fully saturated rings. The molecule has 0 amide bonds. The van der Waals surface area contributed by atoms with Crippen molar-refractivity contribution < 1.29 is 8.95 Å². The summed E-state index contributed by atoms with van der Waals surface area (Å²) in [5, 5.41) is 2.99. The number of anilines is 1. The van der Waals surface area contributed by atoms with Gasteiger partial charge in [-0.25, -0.2) is 4.98 Å². The zero-order chi connectivity index (χ0) is 12.0. The minimum absolute atomic E-state index is 0.0888. The second-order valence-electron chi connectivity index (χ2n) is 3.59. The highest BCUT2D eigenvalue weighted by Crippen LogP contribution is 2.09. The molecule has 0 bridgehead atoms. The second-order valence-corrected chi connectivity index (χ2v) is 5.14. The molecule has 5 nitrogen and oxygen atoms in total. The van der Waals surface area contributed by atoms with Crippen LogP contribution in [0.3, 0.4) is 0 Å². The highest BCUT2D eigenvalue weighted by atomic mass is 32.2. The molecule has 0 saturated heterocycles. The molecule has 1 aromatic heterocycles. The molecular formula is C10H17N3O2S. The molecule has 0 radical (unpaired) electrons. The number of ether oxygens (including phenoxy) is 1. The standard InChI is InChI=1S/C10H17N3O2S/c1-8(2)15-9-4-5-11-10(13-9)12-6-7-16(3)14/h4-5,8H,6-7H2,1-3H3,(H,11,12,13). The van der Waals surface area contributed by atoms with Gasteiger partial charge in [-0.1, -0.05) is 0 Å². The number of hydrogen-bond donors (Lipinski definition) is 1. The van der Waals surface area contributed by atoms with Gasteiger partial charge in [0.05, 0.1) is 6.10 Å². The van der Waals surface area contributed by atoms with Crippen LogP contribution in [0.2, 0.25) is 0 Å². The van der Waals surface area contributed by atoms with Crippen molar-refractivity contribution >= 4 is 16.7 Å². The topological polar surface area (TPSA) is 64.1 Å². The summed E-state index contributed by atoms with van der Waals surface area (Å²) in [6.45, 7) is 4.47. The second kappa shape index (κ2) is 6.42. The molecule has 0 aliphatic heterocycles. The van der Waals surface area contributed by atoms with Crippen LogP contribution in [0.1, 0.15) is 13.8 Å². The fourth-order valence-electron chi connectivity index (χ4n) is 1.04. The molecule has 1 aromatic rings. The molecular weight excluding hydrogens is 226 g/mol. The van der Waals surface area contributed by atoms with E-state index in [-0.39, 0.29) is 6.10 Å². The van der Waals surface area contributed by atoms with Crippen molar-refractivity contribution in [3.8, 4) is 5.88 Å². The lowest BCUT2D eigenvalue weighted by Crippen LogP contribution is -2.13. The quantitative estimate of drug-likeness (QED) is 0.809. The third-order valence-corrected chi connectivity index (χ3v) is 2.44. The zero-order valence-electron chi connectivity index (χ0n) is 9.77. The van der Waals surface area contributed by atoms with Crippen LogP contribution in [-0.4, -0.2) is 38.8 Å². The maximum Gasteiger partial charge on any atom is 0.225 e. The third kappa shape index (κ3) is 5.06. The molecule has 0 saturated carbocycles. The Hall–Kier alpha value is -1.17. The first-order valence-corrected chi connectivity index (χ1v) is 6.84. The predicted octanol–water partition coefficient (Wildman–Crippen LogP) is 1.05. The Bertz CT molecular complexity index is 358. The molecule has 6 heteroatoms. The van der Waals surface area contributed by atoms with Crippen LogP contribution in [0.4, 0.5) is 5.95 Å².